The van der Waals surface area contributed by atoms with Gasteiger partial charge in [0.25, 0.3) is 0 Å². The molecule has 0 aromatic carbocycles. The predicted molar refractivity (Wildman–Crippen MR) is 54.4 cm³/mol. The standard InChI is InChI=1S/C10H21NO2.H2O/c1-3-5-6-7-8-11-9-10(12)13-4-2;/h11H,3-9H2,1-2H3;1H2. The summed E-state index contributed by atoms with van der Waals surface area (Å²) in [6.45, 7) is 6.03. The molecular formula is C10H23NO3. The van der Waals surface area contributed by atoms with Crippen molar-refractivity contribution in [3.05, 3.63) is 0 Å². The van der Waals surface area contributed by atoms with E-state index in [0.717, 1.165) is 6.54 Å². The molecule has 0 aliphatic carbocycles. The lowest BCUT2D eigenvalue weighted by Gasteiger charge is -2.01. The van der Waals surface area contributed by atoms with Gasteiger partial charge in [-0.1, -0.05) is 19.8 Å². The van der Waals surface area contributed by atoms with Crippen LogP contribution in [0.3, 0.4) is 0 Å². The summed E-state index contributed by atoms with van der Waals surface area (Å²) >= 11 is 0. The number of hydrogen-bond donors (Lipinski definition) is 1. The number of quaternary nitrogens is 1. The Morgan fingerprint density at radius 1 is 1.21 bits per heavy atom. The molecule has 0 bridgehead atoms. The van der Waals surface area contributed by atoms with Crippen molar-refractivity contribution >= 4 is 5.97 Å². The van der Waals surface area contributed by atoms with Crippen LogP contribution < -0.4 is 5.32 Å². The van der Waals surface area contributed by atoms with E-state index in [4.69, 9.17) is 4.74 Å². The molecule has 0 saturated heterocycles. The molecule has 86 valence electrons. The first kappa shape index (κ1) is 15.8. The zero-order valence-electron chi connectivity index (χ0n) is 9.29. The van der Waals surface area contributed by atoms with Crippen molar-refractivity contribution in [2.45, 2.75) is 39.5 Å². The lowest BCUT2D eigenvalue weighted by Crippen LogP contribution is -2.86. The summed E-state index contributed by atoms with van der Waals surface area (Å²) in [4.78, 5) is 10.9. The highest BCUT2D eigenvalue weighted by Crippen LogP contribution is 1.95. The van der Waals surface area contributed by atoms with Crippen LogP contribution in [0.1, 0.15) is 39.5 Å². The second-order valence-electron chi connectivity index (χ2n) is 3.15. The van der Waals surface area contributed by atoms with Crippen molar-refractivity contribution in [2.24, 2.45) is 0 Å². The van der Waals surface area contributed by atoms with Crippen molar-refractivity contribution < 1.29 is 20.3 Å². The van der Waals surface area contributed by atoms with Crippen LogP contribution in [0.4, 0.5) is 0 Å². The highest BCUT2D eigenvalue weighted by molar-refractivity contribution is 5.70. The Labute approximate surface area is 86.3 Å². The number of esters is 1. The minimum Gasteiger partial charge on any atom is -0.870 e. The lowest BCUT2D eigenvalue weighted by atomic mass is 10.2. The Morgan fingerprint density at radius 2 is 1.93 bits per heavy atom. The van der Waals surface area contributed by atoms with Gasteiger partial charge in [-0.15, -0.1) is 0 Å². The van der Waals surface area contributed by atoms with Gasteiger partial charge >= 0.3 is 5.97 Å². The van der Waals surface area contributed by atoms with E-state index in [1.807, 2.05) is 12.2 Å². The molecule has 0 aromatic rings. The Hall–Kier alpha value is -0.610. The molecule has 0 unspecified atom stereocenters. The van der Waals surface area contributed by atoms with Gasteiger partial charge in [-0.05, 0) is 19.8 Å². The van der Waals surface area contributed by atoms with Crippen LogP contribution in [0.15, 0.2) is 0 Å². The maximum Gasteiger partial charge on any atom is 0.361 e. The molecule has 0 amide bonds. The van der Waals surface area contributed by atoms with Gasteiger partial charge in [0.1, 0.15) is 0 Å². The zero-order valence-corrected chi connectivity index (χ0v) is 9.29. The monoisotopic (exact) mass is 205 g/mol. The summed E-state index contributed by atoms with van der Waals surface area (Å²) in [7, 11) is 0. The number of unbranched alkanes of at least 4 members (excludes halogenated alkanes) is 3. The number of hydrogen-bond acceptors (Lipinski definition) is 3. The van der Waals surface area contributed by atoms with Crippen LogP contribution in [0.5, 0.6) is 0 Å². The molecule has 0 aliphatic rings. The van der Waals surface area contributed by atoms with Crippen LogP contribution in [0.2, 0.25) is 0 Å². The zero-order chi connectivity index (χ0) is 9.94. The molecule has 0 fully saturated rings. The first-order valence-electron chi connectivity index (χ1n) is 5.28. The maximum absolute atomic E-state index is 10.9. The predicted octanol–water partition coefficient (Wildman–Crippen LogP) is 0.516. The van der Waals surface area contributed by atoms with Gasteiger partial charge in [0, 0.05) is 0 Å². The van der Waals surface area contributed by atoms with Gasteiger partial charge in [-0.25, -0.2) is 4.79 Å². The van der Waals surface area contributed by atoms with Gasteiger partial charge in [0.2, 0.25) is 0 Å². The summed E-state index contributed by atoms with van der Waals surface area (Å²) in [6, 6.07) is 0. The van der Waals surface area contributed by atoms with E-state index in [1.54, 1.807) is 0 Å². The minimum atomic E-state index is -0.0991. The average molecular weight is 205 g/mol. The molecule has 3 N–H and O–H groups in total. The first-order valence-corrected chi connectivity index (χ1v) is 5.28. The van der Waals surface area contributed by atoms with Gasteiger partial charge in [-0.2, -0.15) is 0 Å². The van der Waals surface area contributed by atoms with Crippen molar-refractivity contribution in [2.75, 3.05) is 19.7 Å². The minimum absolute atomic E-state index is 0. The molecular weight excluding hydrogens is 182 g/mol. The summed E-state index contributed by atoms with van der Waals surface area (Å²) in [5.41, 5.74) is 0. The quantitative estimate of drug-likeness (QED) is 0.463. The Morgan fingerprint density at radius 3 is 2.50 bits per heavy atom. The highest BCUT2D eigenvalue weighted by Gasteiger charge is 2.02. The summed E-state index contributed by atoms with van der Waals surface area (Å²) in [6.07, 6.45) is 5.04. The molecule has 4 heteroatoms. The molecule has 0 rings (SSSR count). The SMILES string of the molecule is CCCCCC[NH2+]CC(=O)OCC.[OH-]. The van der Waals surface area contributed by atoms with Gasteiger partial charge in [-0.3, -0.25) is 0 Å². The van der Waals surface area contributed by atoms with Crippen LogP contribution in [-0.4, -0.2) is 31.1 Å². The molecule has 0 heterocycles. The topological polar surface area (TPSA) is 72.9 Å². The number of carbonyl (C=O) groups is 1. The molecule has 0 radical (unpaired) electrons. The second-order valence-corrected chi connectivity index (χ2v) is 3.15. The van der Waals surface area contributed by atoms with Crippen molar-refractivity contribution in [3.8, 4) is 0 Å². The van der Waals surface area contributed by atoms with E-state index in [1.165, 1.54) is 25.7 Å². The molecule has 14 heavy (non-hydrogen) atoms. The van der Waals surface area contributed by atoms with E-state index in [9.17, 15) is 4.79 Å². The molecule has 4 nitrogen and oxygen atoms in total. The van der Waals surface area contributed by atoms with Crippen molar-refractivity contribution in [1.82, 2.24) is 0 Å². The molecule has 0 spiro atoms. The average Bonchev–Trinajstić information content (AvgIpc) is 2.11. The van der Waals surface area contributed by atoms with E-state index in [-0.39, 0.29) is 11.4 Å². The molecule has 0 saturated carbocycles. The molecule has 0 aromatic heterocycles. The van der Waals surface area contributed by atoms with Gasteiger partial charge < -0.3 is 15.5 Å². The number of nitrogens with two attached hydrogens (primary N) is 1. The van der Waals surface area contributed by atoms with E-state index in [2.05, 4.69) is 6.92 Å². The fraction of sp³-hybridized carbons (Fsp3) is 0.900. The molecule has 0 aliphatic heterocycles. The number of rotatable bonds is 8. The van der Waals surface area contributed by atoms with E-state index >= 15 is 0 Å². The Kier molecular flexibility index (Phi) is 14.0. The smallest absolute Gasteiger partial charge is 0.361 e. The normalized spacial score (nSPS) is 9.29. The number of ether oxygens (including phenoxy) is 1. The third kappa shape index (κ3) is 11.4. The van der Waals surface area contributed by atoms with Crippen molar-refractivity contribution in [3.63, 3.8) is 0 Å². The second kappa shape index (κ2) is 12.4. The van der Waals surface area contributed by atoms with Crippen LogP contribution in [0, 0.1) is 0 Å². The van der Waals surface area contributed by atoms with Gasteiger partial charge in [0.05, 0.1) is 13.2 Å². The van der Waals surface area contributed by atoms with Gasteiger partial charge in [0.15, 0.2) is 6.54 Å². The van der Waals surface area contributed by atoms with Crippen LogP contribution in [-0.2, 0) is 9.53 Å². The highest BCUT2D eigenvalue weighted by atomic mass is 16.5. The summed E-state index contributed by atoms with van der Waals surface area (Å²) in [5.74, 6) is -0.0991. The van der Waals surface area contributed by atoms with Crippen LogP contribution in [0.25, 0.3) is 0 Å². The van der Waals surface area contributed by atoms with E-state index < -0.39 is 0 Å². The fourth-order valence-electron chi connectivity index (χ4n) is 1.16. The summed E-state index contributed by atoms with van der Waals surface area (Å²) in [5, 5.41) is 2.02. The summed E-state index contributed by atoms with van der Waals surface area (Å²) < 4.78 is 4.80. The number of carbonyl (C=O) groups excluding carboxylic acids is 1. The first-order chi connectivity index (χ1) is 6.31. The Balaban J connectivity index is 0. The van der Waals surface area contributed by atoms with Crippen molar-refractivity contribution in [1.29, 1.82) is 0 Å². The fourth-order valence-corrected chi connectivity index (χ4v) is 1.16. The third-order valence-corrected chi connectivity index (χ3v) is 1.88. The largest absolute Gasteiger partial charge is 0.870 e. The third-order valence-electron chi connectivity index (χ3n) is 1.88. The Bertz CT molecular complexity index is 129. The van der Waals surface area contributed by atoms with E-state index in [0.29, 0.717) is 13.2 Å². The maximum atomic E-state index is 10.9. The molecule has 0 atom stereocenters. The lowest BCUT2D eigenvalue weighted by molar-refractivity contribution is -0.645. The van der Waals surface area contributed by atoms with Crippen LogP contribution >= 0.6 is 0 Å².